The van der Waals surface area contributed by atoms with Crippen LogP contribution in [0.25, 0.3) is 33.4 Å². The van der Waals surface area contributed by atoms with Crippen molar-refractivity contribution in [1.82, 2.24) is 5.32 Å². The fourth-order valence-electron chi connectivity index (χ4n) is 6.06. The lowest BCUT2D eigenvalue weighted by Gasteiger charge is -2.24. The summed E-state index contributed by atoms with van der Waals surface area (Å²) >= 11 is 0. The Morgan fingerprint density at radius 3 is 2.36 bits per heavy atom. The second-order valence-electron chi connectivity index (χ2n) is 11.0. The van der Waals surface area contributed by atoms with Crippen molar-refractivity contribution in [3.8, 4) is 22.5 Å². The van der Waals surface area contributed by atoms with Crippen LogP contribution in [-0.2, 0) is 4.79 Å². The number of rotatable bonds is 10. The van der Waals surface area contributed by atoms with Crippen LogP contribution in [0, 0.1) is 12.8 Å². The van der Waals surface area contributed by atoms with E-state index in [4.69, 9.17) is 4.42 Å². The predicted octanol–water partition coefficient (Wildman–Crippen LogP) is 7.50. The standard InChI is InChI=1S/C35H38N2O5/c1-5-30(38)32-27-19-26(23-10-8-11-24(18-23)34(39)36-28-13-9-12-25(28)35(40)41)29(37(6-2)7-3)20-31(27)42-33(32)22-16-14-21(4)15-17-22/h8,10-11,14-20,25,28H,5-7,9,12-13H2,1-4H3,(H,36,39)(H,40,41)/t25-,28+/m1/s1. The molecular formula is C35H38N2O5. The highest BCUT2D eigenvalue weighted by Gasteiger charge is 2.34. The van der Waals surface area contributed by atoms with Gasteiger partial charge in [-0.25, -0.2) is 0 Å². The maximum atomic E-state index is 13.3. The van der Waals surface area contributed by atoms with Crippen LogP contribution >= 0.6 is 0 Å². The monoisotopic (exact) mass is 566 g/mol. The molecule has 0 unspecified atom stereocenters. The lowest BCUT2D eigenvalue weighted by Crippen LogP contribution is -2.40. The number of hydrogen-bond acceptors (Lipinski definition) is 5. The summed E-state index contributed by atoms with van der Waals surface area (Å²) in [5, 5.41) is 13.3. The van der Waals surface area contributed by atoms with Gasteiger partial charge < -0.3 is 19.7 Å². The van der Waals surface area contributed by atoms with Gasteiger partial charge in [-0.2, -0.15) is 0 Å². The van der Waals surface area contributed by atoms with E-state index in [2.05, 4.69) is 24.1 Å². The molecule has 218 valence electrons. The van der Waals surface area contributed by atoms with Crippen LogP contribution in [0.2, 0.25) is 0 Å². The Hall–Kier alpha value is -4.39. The van der Waals surface area contributed by atoms with Gasteiger partial charge in [-0.1, -0.05) is 55.3 Å². The first kappa shape index (κ1) is 29.1. The first-order chi connectivity index (χ1) is 20.2. The first-order valence-corrected chi connectivity index (χ1v) is 14.8. The van der Waals surface area contributed by atoms with Crippen LogP contribution in [0.15, 0.2) is 65.1 Å². The van der Waals surface area contributed by atoms with Crippen LogP contribution in [0.1, 0.15) is 72.7 Å². The molecule has 4 aromatic rings. The molecule has 1 amide bonds. The Balaban J connectivity index is 1.64. The maximum absolute atomic E-state index is 13.3. The smallest absolute Gasteiger partial charge is 0.308 e. The number of benzene rings is 3. The van der Waals surface area contributed by atoms with Gasteiger partial charge in [-0.05, 0) is 57.4 Å². The molecule has 2 atom stereocenters. The number of ketones is 1. The molecule has 7 nitrogen and oxygen atoms in total. The highest BCUT2D eigenvalue weighted by molar-refractivity contribution is 6.13. The second kappa shape index (κ2) is 12.2. The molecule has 7 heteroatoms. The minimum atomic E-state index is -0.869. The Kier molecular flexibility index (Phi) is 8.48. The van der Waals surface area contributed by atoms with Gasteiger partial charge in [-0.15, -0.1) is 0 Å². The van der Waals surface area contributed by atoms with Crippen LogP contribution < -0.4 is 10.2 Å². The number of nitrogens with one attached hydrogen (secondary N) is 1. The quantitative estimate of drug-likeness (QED) is 0.193. The summed E-state index contributed by atoms with van der Waals surface area (Å²) in [4.78, 5) is 40.5. The second-order valence-corrected chi connectivity index (χ2v) is 11.0. The number of anilines is 1. The number of nitrogens with zero attached hydrogens (tertiary/aromatic N) is 1. The number of aliphatic carboxylic acids is 1. The number of aryl methyl sites for hydroxylation is 1. The Morgan fingerprint density at radius 1 is 0.952 bits per heavy atom. The molecule has 0 saturated heterocycles. The third-order valence-electron chi connectivity index (χ3n) is 8.41. The van der Waals surface area contributed by atoms with Crippen molar-refractivity contribution in [2.45, 2.75) is 59.4 Å². The van der Waals surface area contributed by atoms with Gasteiger partial charge in [0.25, 0.3) is 5.91 Å². The van der Waals surface area contributed by atoms with Crippen molar-refractivity contribution in [3.63, 3.8) is 0 Å². The zero-order valence-corrected chi connectivity index (χ0v) is 24.7. The van der Waals surface area contributed by atoms with Crippen molar-refractivity contribution in [3.05, 3.63) is 77.4 Å². The van der Waals surface area contributed by atoms with Crippen molar-refractivity contribution in [2.75, 3.05) is 18.0 Å². The van der Waals surface area contributed by atoms with Crippen molar-refractivity contribution in [1.29, 1.82) is 0 Å². The predicted molar refractivity (Wildman–Crippen MR) is 166 cm³/mol. The maximum Gasteiger partial charge on any atom is 0.308 e. The molecule has 0 spiro atoms. The minimum absolute atomic E-state index is 0.00328. The van der Waals surface area contributed by atoms with Gasteiger partial charge in [-0.3, -0.25) is 14.4 Å². The molecule has 3 aromatic carbocycles. The topological polar surface area (TPSA) is 99.9 Å². The molecule has 1 saturated carbocycles. The van der Waals surface area contributed by atoms with E-state index in [0.717, 1.165) is 52.8 Å². The molecule has 0 radical (unpaired) electrons. The summed E-state index contributed by atoms with van der Waals surface area (Å²) in [6.07, 6.45) is 2.35. The average molecular weight is 567 g/mol. The third-order valence-corrected chi connectivity index (χ3v) is 8.41. The van der Waals surface area contributed by atoms with Gasteiger partial charge >= 0.3 is 5.97 Å². The van der Waals surface area contributed by atoms with Gasteiger partial charge in [0.15, 0.2) is 5.78 Å². The first-order valence-electron chi connectivity index (χ1n) is 14.8. The van der Waals surface area contributed by atoms with Gasteiger partial charge in [0.2, 0.25) is 0 Å². The number of fused-ring (bicyclic) bond motifs is 1. The van der Waals surface area contributed by atoms with E-state index in [0.29, 0.717) is 41.7 Å². The molecule has 42 heavy (non-hydrogen) atoms. The molecular weight excluding hydrogens is 528 g/mol. The highest BCUT2D eigenvalue weighted by Crippen LogP contribution is 2.41. The highest BCUT2D eigenvalue weighted by atomic mass is 16.4. The summed E-state index contributed by atoms with van der Waals surface area (Å²) in [5.74, 6) is -1.15. The summed E-state index contributed by atoms with van der Waals surface area (Å²) in [7, 11) is 0. The molecule has 1 heterocycles. The van der Waals surface area contributed by atoms with Gasteiger partial charge in [0, 0.05) is 59.4 Å². The van der Waals surface area contributed by atoms with Gasteiger partial charge in [0.1, 0.15) is 11.3 Å². The number of carbonyl (C=O) groups excluding carboxylic acids is 2. The molecule has 2 N–H and O–H groups in total. The molecule has 1 aromatic heterocycles. The normalized spacial score (nSPS) is 16.5. The number of Topliss-reactive ketones (excluding diaryl/α,β-unsaturated/α-hetero) is 1. The van der Waals surface area contributed by atoms with E-state index in [1.165, 1.54) is 0 Å². The fourth-order valence-corrected chi connectivity index (χ4v) is 6.06. The van der Waals surface area contributed by atoms with Crippen LogP contribution in [-0.4, -0.2) is 41.9 Å². The molecule has 0 aliphatic heterocycles. The van der Waals surface area contributed by atoms with E-state index in [1.807, 2.05) is 68.4 Å². The Labute approximate surface area is 246 Å². The Bertz CT molecular complexity index is 1630. The summed E-state index contributed by atoms with van der Waals surface area (Å²) in [5.41, 5.74) is 6.33. The van der Waals surface area contributed by atoms with E-state index in [9.17, 15) is 19.5 Å². The lowest BCUT2D eigenvalue weighted by molar-refractivity contribution is -0.142. The summed E-state index contributed by atoms with van der Waals surface area (Å²) in [6.45, 7) is 9.59. The van der Waals surface area contributed by atoms with Crippen molar-refractivity contribution < 1.29 is 23.9 Å². The Morgan fingerprint density at radius 2 is 1.69 bits per heavy atom. The summed E-state index contributed by atoms with van der Waals surface area (Å²) < 4.78 is 6.42. The van der Waals surface area contributed by atoms with Crippen molar-refractivity contribution in [2.24, 2.45) is 5.92 Å². The molecule has 1 fully saturated rings. The largest absolute Gasteiger partial charge is 0.481 e. The van der Waals surface area contributed by atoms with Crippen molar-refractivity contribution >= 4 is 34.3 Å². The molecule has 0 bridgehead atoms. The van der Waals surface area contributed by atoms with Crippen LogP contribution in [0.5, 0.6) is 0 Å². The van der Waals surface area contributed by atoms with E-state index < -0.39 is 11.9 Å². The van der Waals surface area contributed by atoms with Crippen LogP contribution in [0.4, 0.5) is 5.69 Å². The number of carboxylic acids is 1. The molecule has 1 aliphatic carbocycles. The zero-order valence-electron chi connectivity index (χ0n) is 24.7. The van der Waals surface area contributed by atoms with E-state index in [-0.39, 0.29) is 17.7 Å². The number of hydrogen-bond donors (Lipinski definition) is 2. The van der Waals surface area contributed by atoms with Crippen LogP contribution in [0.3, 0.4) is 0 Å². The molecule has 5 rings (SSSR count). The number of furan rings is 1. The number of carbonyl (C=O) groups is 3. The average Bonchev–Trinajstić information content (AvgIpc) is 3.62. The lowest BCUT2D eigenvalue weighted by atomic mass is 9.95. The fraction of sp³-hybridized carbons (Fsp3) is 0.343. The van der Waals surface area contributed by atoms with Gasteiger partial charge in [0.05, 0.1) is 11.5 Å². The van der Waals surface area contributed by atoms with E-state index in [1.54, 1.807) is 6.07 Å². The number of amides is 1. The summed E-state index contributed by atoms with van der Waals surface area (Å²) in [6, 6.07) is 19.0. The number of carboxylic acid groups (broad SMARTS) is 1. The van der Waals surface area contributed by atoms with E-state index >= 15 is 0 Å². The third kappa shape index (κ3) is 5.56. The minimum Gasteiger partial charge on any atom is -0.481 e. The SMILES string of the molecule is CCC(=O)c1c(-c2ccc(C)cc2)oc2cc(N(CC)CC)c(-c3cccc(C(=O)N[C@H]4CCC[C@H]4C(=O)O)c3)cc12. The molecule has 1 aliphatic rings. The zero-order chi connectivity index (χ0) is 30.0.